The molecule has 1 unspecified atom stereocenters. The molecule has 0 saturated carbocycles. The number of carboxylic acids is 1. The van der Waals surface area contributed by atoms with Gasteiger partial charge in [-0.25, -0.2) is 4.79 Å². The maximum absolute atomic E-state index is 12.2. The standard InChI is InChI=1S/C17H25NO4/c1-5-22-9-8-14-11-18(16(19)10-13(14)4)15(17(20)21)7-6-12(2)3/h8-12,15H,5-7H2,1-4H3,(H,20,21). The topological polar surface area (TPSA) is 68.5 Å². The predicted octanol–water partition coefficient (Wildman–Crippen LogP) is 3.23. The molecule has 0 fully saturated rings. The van der Waals surface area contributed by atoms with Gasteiger partial charge in [-0.2, -0.15) is 0 Å². The number of aromatic nitrogens is 1. The third kappa shape index (κ3) is 5.06. The van der Waals surface area contributed by atoms with Crippen LogP contribution in [0.3, 0.4) is 0 Å². The molecule has 5 nitrogen and oxygen atoms in total. The largest absolute Gasteiger partial charge is 0.501 e. The predicted molar refractivity (Wildman–Crippen MR) is 86.8 cm³/mol. The van der Waals surface area contributed by atoms with Crippen molar-refractivity contribution in [3.8, 4) is 0 Å². The van der Waals surface area contributed by atoms with E-state index in [9.17, 15) is 14.7 Å². The molecule has 1 heterocycles. The molecule has 0 aromatic carbocycles. The van der Waals surface area contributed by atoms with Gasteiger partial charge in [-0.15, -0.1) is 0 Å². The van der Waals surface area contributed by atoms with Crippen molar-refractivity contribution in [2.75, 3.05) is 6.61 Å². The molecular weight excluding hydrogens is 282 g/mol. The van der Waals surface area contributed by atoms with Crippen LogP contribution >= 0.6 is 0 Å². The average Bonchev–Trinajstić information content (AvgIpc) is 2.42. The average molecular weight is 307 g/mol. The molecule has 1 atom stereocenters. The number of carbonyl (C=O) groups is 1. The van der Waals surface area contributed by atoms with Crippen molar-refractivity contribution in [3.05, 3.63) is 40.0 Å². The van der Waals surface area contributed by atoms with Crippen molar-refractivity contribution >= 4 is 12.0 Å². The molecular formula is C17H25NO4. The summed E-state index contributed by atoms with van der Waals surface area (Å²) < 4.78 is 6.47. The van der Waals surface area contributed by atoms with Gasteiger partial charge >= 0.3 is 5.97 Å². The Morgan fingerprint density at radius 2 is 2.09 bits per heavy atom. The molecule has 1 aromatic heterocycles. The summed E-state index contributed by atoms with van der Waals surface area (Å²) in [5.74, 6) is -0.591. The summed E-state index contributed by atoms with van der Waals surface area (Å²) in [7, 11) is 0. The monoisotopic (exact) mass is 307 g/mol. The third-order valence-electron chi connectivity index (χ3n) is 3.48. The van der Waals surface area contributed by atoms with Crippen molar-refractivity contribution in [3.63, 3.8) is 0 Å². The molecule has 0 radical (unpaired) electrons. The number of nitrogens with zero attached hydrogens (tertiary/aromatic N) is 1. The Labute approximate surface area is 131 Å². The number of ether oxygens (including phenoxy) is 1. The van der Waals surface area contributed by atoms with Crippen molar-refractivity contribution in [2.45, 2.75) is 46.6 Å². The summed E-state index contributed by atoms with van der Waals surface area (Å²) in [4.78, 5) is 23.7. The third-order valence-corrected chi connectivity index (χ3v) is 3.48. The number of carboxylic acid groups (broad SMARTS) is 1. The molecule has 0 amide bonds. The van der Waals surface area contributed by atoms with Crippen LogP contribution in [0.2, 0.25) is 0 Å². The van der Waals surface area contributed by atoms with Gasteiger partial charge < -0.3 is 14.4 Å². The smallest absolute Gasteiger partial charge is 0.326 e. The highest BCUT2D eigenvalue weighted by atomic mass is 16.5. The van der Waals surface area contributed by atoms with Gasteiger partial charge in [0.15, 0.2) is 0 Å². The van der Waals surface area contributed by atoms with E-state index in [1.165, 1.54) is 10.6 Å². The first-order chi connectivity index (χ1) is 10.4. The summed E-state index contributed by atoms with van der Waals surface area (Å²) >= 11 is 0. The molecule has 1 rings (SSSR count). The lowest BCUT2D eigenvalue weighted by Crippen LogP contribution is -2.30. The lowest BCUT2D eigenvalue weighted by atomic mass is 10.0. The van der Waals surface area contributed by atoms with Crippen LogP contribution in [0, 0.1) is 12.8 Å². The summed E-state index contributed by atoms with van der Waals surface area (Å²) in [6.45, 7) is 8.33. The molecule has 0 aliphatic rings. The molecule has 122 valence electrons. The highest BCUT2D eigenvalue weighted by molar-refractivity contribution is 5.72. The first kappa shape index (κ1) is 18.0. The van der Waals surface area contributed by atoms with Crippen molar-refractivity contribution in [2.24, 2.45) is 5.92 Å². The van der Waals surface area contributed by atoms with Crippen LogP contribution in [-0.4, -0.2) is 22.2 Å². The van der Waals surface area contributed by atoms with Crippen LogP contribution in [0.5, 0.6) is 0 Å². The van der Waals surface area contributed by atoms with E-state index in [0.717, 1.165) is 17.5 Å². The van der Waals surface area contributed by atoms with Crippen LogP contribution in [-0.2, 0) is 9.53 Å². The van der Waals surface area contributed by atoms with Crippen LogP contribution in [0.1, 0.15) is 50.8 Å². The molecule has 1 N–H and O–H groups in total. The summed E-state index contributed by atoms with van der Waals surface area (Å²) in [6, 6.07) is 0.631. The van der Waals surface area contributed by atoms with Gasteiger partial charge in [0.1, 0.15) is 6.04 Å². The summed E-state index contributed by atoms with van der Waals surface area (Å²) in [5.41, 5.74) is 1.29. The van der Waals surface area contributed by atoms with E-state index in [4.69, 9.17) is 4.74 Å². The zero-order chi connectivity index (χ0) is 16.7. The Hall–Kier alpha value is -2.04. The number of aliphatic carboxylic acids is 1. The van der Waals surface area contributed by atoms with E-state index < -0.39 is 12.0 Å². The second kappa shape index (κ2) is 8.41. The number of aryl methyl sites for hydroxylation is 1. The fraction of sp³-hybridized carbons (Fsp3) is 0.529. The second-order valence-corrected chi connectivity index (χ2v) is 5.74. The van der Waals surface area contributed by atoms with Gasteiger partial charge in [-0.05, 0) is 49.8 Å². The molecule has 0 spiro atoms. The first-order valence-electron chi connectivity index (χ1n) is 7.60. The van der Waals surface area contributed by atoms with Gasteiger partial charge in [-0.3, -0.25) is 4.79 Å². The Balaban J connectivity index is 3.16. The molecule has 0 bridgehead atoms. The highest BCUT2D eigenvalue weighted by Gasteiger charge is 2.21. The highest BCUT2D eigenvalue weighted by Crippen LogP contribution is 2.18. The van der Waals surface area contributed by atoms with Gasteiger partial charge in [0.2, 0.25) is 0 Å². The zero-order valence-corrected chi connectivity index (χ0v) is 13.7. The first-order valence-corrected chi connectivity index (χ1v) is 7.60. The van der Waals surface area contributed by atoms with Crippen molar-refractivity contribution in [1.82, 2.24) is 4.57 Å². The molecule has 0 aliphatic carbocycles. The fourth-order valence-corrected chi connectivity index (χ4v) is 2.17. The summed E-state index contributed by atoms with van der Waals surface area (Å²) in [6.07, 6.45) is 6.09. The lowest BCUT2D eigenvalue weighted by molar-refractivity contribution is -0.141. The summed E-state index contributed by atoms with van der Waals surface area (Å²) in [5, 5.41) is 9.44. The quantitative estimate of drug-likeness (QED) is 0.749. The van der Waals surface area contributed by atoms with Gasteiger partial charge in [0.05, 0.1) is 12.9 Å². The molecule has 5 heteroatoms. The minimum Gasteiger partial charge on any atom is -0.501 e. The van der Waals surface area contributed by atoms with Gasteiger partial charge in [0.25, 0.3) is 5.56 Å². The molecule has 22 heavy (non-hydrogen) atoms. The maximum Gasteiger partial charge on any atom is 0.326 e. The van der Waals surface area contributed by atoms with E-state index >= 15 is 0 Å². The Kier molecular flexibility index (Phi) is 6.89. The Morgan fingerprint density at radius 1 is 1.41 bits per heavy atom. The molecule has 0 saturated heterocycles. The number of rotatable bonds is 8. The maximum atomic E-state index is 12.2. The van der Waals surface area contributed by atoms with E-state index in [1.54, 1.807) is 18.5 Å². The Morgan fingerprint density at radius 3 is 2.64 bits per heavy atom. The lowest BCUT2D eigenvalue weighted by Gasteiger charge is -2.18. The minimum atomic E-state index is -0.980. The molecule has 0 aliphatic heterocycles. The van der Waals surface area contributed by atoms with Crippen LogP contribution in [0.4, 0.5) is 0 Å². The second-order valence-electron chi connectivity index (χ2n) is 5.74. The van der Waals surface area contributed by atoms with E-state index in [-0.39, 0.29) is 5.56 Å². The van der Waals surface area contributed by atoms with Gasteiger partial charge in [-0.1, -0.05) is 13.8 Å². The van der Waals surface area contributed by atoms with Crippen molar-refractivity contribution in [1.29, 1.82) is 0 Å². The number of pyridine rings is 1. The fourth-order valence-electron chi connectivity index (χ4n) is 2.17. The van der Waals surface area contributed by atoms with Crippen molar-refractivity contribution < 1.29 is 14.6 Å². The van der Waals surface area contributed by atoms with E-state index in [2.05, 4.69) is 0 Å². The van der Waals surface area contributed by atoms with Crippen LogP contribution in [0.15, 0.2) is 23.3 Å². The zero-order valence-electron chi connectivity index (χ0n) is 13.7. The number of hydrogen-bond donors (Lipinski definition) is 1. The van der Waals surface area contributed by atoms with Crippen LogP contribution in [0.25, 0.3) is 6.08 Å². The molecule has 1 aromatic rings. The van der Waals surface area contributed by atoms with E-state index in [0.29, 0.717) is 18.9 Å². The SMILES string of the molecule is CCOC=Cc1cn(C(CCC(C)C)C(=O)O)c(=O)cc1C. The van der Waals surface area contributed by atoms with Crippen LogP contribution < -0.4 is 5.56 Å². The van der Waals surface area contributed by atoms with E-state index in [1.807, 2.05) is 27.7 Å². The number of hydrogen-bond acceptors (Lipinski definition) is 3. The normalized spacial score (nSPS) is 12.8. The Bertz CT molecular complexity index is 587. The minimum absolute atomic E-state index is 0.290. The van der Waals surface area contributed by atoms with Gasteiger partial charge in [0, 0.05) is 12.3 Å².